The van der Waals surface area contributed by atoms with Gasteiger partial charge in [-0.25, -0.2) is 19.9 Å². The quantitative estimate of drug-likeness (QED) is 0.189. The molecule has 0 aliphatic heterocycles. The Morgan fingerprint density at radius 1 is 0.404 bits per heavy atom. The van der Waals surface area contributed by atoms with Crippen molar-refractivity contribution in [3.05, 3.63) is 146 Å². The van der Waals surface area contributed by atoms with Crippen molar-refractivity contribution in [3.63, 3.8) is 0 Å². The minimum absolute atomic E-state index is 0.556. The lowest BCUT2D eigenvalue weighted by molar-refractivity contribution is 0.654. The van der Waals surface area contributed by atoms with Gasteiger partial charge in [-0.3, -0.25) is 0 Å². The zero-order valence-corrected chi connectivity index (χ0v) is 25.1. The van der Waals surface area contributed by atoms with Crippen molar-refractivity contribution in [3.8, 4) is 34.2 Å². The Kier molecular flexibility index (Phi) is 5.51. The molecule has 0 unspecified atom stereocenters. The number of hydrogen-bond donors (Lipinski definition) is 0. The maximum Gasteiger partial charge on any atom is 0.228 e. The van der Waals surface area contributed by atoms with E-state index in [9.17, 15) is 0 Å². The minimum atomic E-state index is 0.556. The van der Waals surface area contributed by atoms with Crippen LogP contribution < -0.4 is 0 Å². The van der Waals surface area contributed by atoms with Crippen molar-refractivity contribution in [2.75, 3.05) is 0 Å². The summed E-state index contributed by atoms with van der Waals surface area (Å²) in [6, 6.07) is 48.4. The monoisotopic (exact) mass is 600 g/mol. The zero-order chi connectivity index (χ0) is 30.9. The highest BCUT2D eigenvalue weighted by molar-refractivity contribution is 6.23. The van der Waals surface area contributed by atoms with Crippen molar-refractivity contribution in [1.82, 2.24) is 19.9 Å². The Bertz CT molecular complexity index is 2860. The van der Waals surface area contributed by atoms with E-state index in [0.717, 1.165) is 49.2 Å². The third-order valence-electron chi connectivity index (χ3n) is 9.15. The number of para-hydroxylation sites is 1. The molecule has 3 aromatic heterocycles. The molecule has 0 N–H and O–H groups in total. The molecular weight excluding hydrogens is 576 g/mol. The maximum atomic E-state index is 6.16. The fourth-order valence-corrected chi connectivity index (χ4v) is 6.96. The van der Waals surface area contributed by atoms with Gasteiger partial charge in [0.2, 0.25) is 5.71 Å². The molecule has 10 rings (SSSR count). The Morgan fingerprint density at radius 3 is 1.89 bits per heavy atom. The van der Waals surface area contributed by atoms with E-state index in [1.165, 1.54) is 26.9 Å². The fourth-order valence-electron chi connectivity index (χ4n) is 6.96. The van der Waals surface area contributed by atoms with Gasteiger partial charge in [0.1, 0.15) is 5.58 Å². The highest BCUT2D eigenvalue weighted by Gasteiger charge is 2.20. The Hall–Kier alpha value is -6.46. The summed E-state index contributed by atoms with van der Waals surface area (Å²) >= 11 is 0. The van der Waals surface area contributed by atoms with Gasteiger partial charge < -0.3 is 4.42 Å². The number of pyridine rings is 1. The topological polar surface area (TPSA) is 64.7 Å². The smallest absolute Gasteiger partial charge is 0.228 e. The van der Waals surface area contributed by atoms with E-state index in [0.29, 0.717) is 23.2 Å². The number of fused-ring (bicyclic) bond motifs is 9. The van der Waals surface area contributed by atoms with Crippen LogP contribution in [0.4, 0.5) is 0 Å². The summed E-state index contributed by atoms with van der Waals surface area (Å²) < 4.78 is 6.16. The van der Waals surface area contributed by atoms with Gasteiger partial charge in [-0.05, 0) is 67.4 Å². The fraction of sp³-hybridized carbons (Fsp3) is 0. The Balaban J connectivity index is 1.31. The molecule has 3 heterocycles. The number of hydrogen-bond acceptors (Lipinski definition) is 5. The SMILES string of the molecule is c1ccc2cc(-c3nc(-c4cc5ccccc5c5c4ccc4ccccc45)nc(-c4ccnc5oc6ccccc6c45)n3)ccc2c1. The zero-order valence-electron chi connectivity index (χ0n) is 25.1. The van der Waals surface area contributed by atoms with Crippen molar-refractivity contribution >= 4 is 65.2 Å². The van der Waals surface area contributed by atoms with Crippen LogP contribution in [0.5, 0.6) is 0 Å². The van der Waals surface area contributed by atoms with Gasteiger partial charge in [-0.2, -0.15) is 0 Å². The highest BCUT2D eigenvalue weighted by atomic mass is 16.3. The number of aromatic nitrogens is 4. The van der Waals surface area contributed by atoms with Gasteiger partial charge in [-0.15, -0.1) is 0 Å². The van der Waals surface area contributed by atoms with Gasteiger partial charge >= 0.3 is 0 Å². The van der Waals surface area contributed by atoms with E-state index < -0.39 is 0 Å². The van der Waals surface area contributed by atoms with Gasteiger partial charge in [0, 0.05) is 28.3 Å². The summed E-state index contributed by atoms with van der Waals surface area (Å²) in [5.41, 5.74) is 4.06. The van der Waals surface area contributed by atoms with Crippen LogP contribution in [0.3, 0.4) is 0 Å². The van der Waals surface area contributed by atoms with Crippen LogP contribution in [0.25, 0.3) is 99.3 Å². The van der Waals surface area contributed by atoms with E-state index in [1.54, 1.807) is 6.20 Å². The van der Waals surface area contributed by atoms with Crippen molar-refractivity contribution in [1.29, 1.82) is 0 Å². The molecule has 7 aromatic carbocycles. The van der Waals surface area contributed by atoms with Crippen LogP contribution >= 0.6 is 0 Å². The van der Waals surface area contributed by atoms with E-state index >= 15 is 0 Å². The molecule has 0 fully saturated rings. The third kappa shape index (κ3) is 4.03. The first-order chi connectivity index (χ1) is 23.3. The molecule has 0 spiro atoms. The third-order valence-corrected chi connectivity index (χ3v) is 9.15. The normalized spacial score (nSPS) is 11.8. The van der Waals surface area contributed by atoms with E-state index in [4.69, 9.17) is 19.4 Å². The van der Waals surface area contributed by atoms with Crippen molar-refractivity contribution in [2.24, 2.45) is 0 Å². The molecule has 5 heteroatoms. The molecule has 0 aliphatic carbocycles. The molecular formula is C42H24N4O. The molecule has 0 atom stereocenters. The van der Waals surface area contributed by atoms with Crippen LogP contribution in [-0.4, -0.2) is 19.9 Å². The molecule has 47 heavy (non-hydrogen) atoms. The van der Waals surface area contributed by atoms with Gasteiger partial charge in [0.05, 0.1) is 5.39 Å². The molecule has 218 valence electrons. The number of furan rings is 1. The number of nitrogens with zero attached hydrogens (tertiary/aromatic N) is 4. The lowest BCUT2D eigenvalue weighted by Crippen LogP contribution is -2.01. The molecule has 10 aromatic rings. The Morgan fingerprint density at radius 2 is 1.04 bits per heavy atom. The molecule has 0 saturated heterocycles. The van der Waals surface area contributed by atoms with Crippen LogP contribution in [0, 0.1) is 0 Å². The lowest BCUT2D eigenvalue weighted by atomic mass is 9.92. The summed E-state index contributed by atoms with van der Waals surface area (Å²) in [5, 5.41) is 11.2. The molecule has 5 nitrogen and oxygen atoms in total. The first-order valence-corrected chi connectivity index (χ1v) is 15.6. The molecule has 0 saturated carbocycles. The van der Waals surface area contributed by atoms with E-state index in [-0.39, 0.29) is 0 Å². The second-order valence-electron chi connectivity index (χ2n) is 11.9. The second-order valence-corrected chi connectivity index (χ2v) is 11.9. The predicted octanol–water partition coefficient (Wildman–Crippen LogP) is 10.8. The molecule has 0 aliphatic rings. The van der Waals surface area contributed by atoms with Crippen molar-refractivity contribution in [2.45, 2.75) is 0 Å². The Labute approximate surface area is 268 Å². The molecule has 0 amide bonds. The highest BCUT2D eigenvalue weighted by Crippen LogP contribution is 2.40. The van der Waals surface area contributed by atoms with Gasteiger partial charge in [0.15, 0.2) is 17.5 Å². The van der Waals surface area contributed by atoms with Gasteiger partial charge in [0.25, 0.3) is 0 Å². The summed E-state index contributed by atoms with van der Waals surface area (Å²) in [6.45, 7) is 0. The van der Waals surface area contributed by atoms with Gasteiger partial charge in [-0.1, -0.05) is 115 Å². The maximum absolute atomic E-state index is 6.16. The largest absolute Gasteiger partial charge is 0.438 e. The summed E-state index contributed by atoms with van der Waals surface area (Å²) in [6.07, 6.45) is 1.76. The van der Waals surface area contributed by atoms with Crippen LogP contribution in [-0.2, 0) is 0 Å². The van der Waals surface area contributed by atoms with Crippen LogP contribution in [0.1, 0.15) is 0 Å². The van der Waals surface area contributed by atoms with Crippen molar-refractivity contribution < 1.29 is 4.42 Å². The average molecular weight is 601 g/mol. The van der Waals surface area contributed by atoms with E-state index in [2.05, 4.69) is 120 Å². The second kappa shape index (κ2) is 10.0. The van der Waals surface area contributed by atoms with Crippen LogP contribution in [0.15, 0.2) is 150 Å². The summed E-state index contributed by atoms with van der Waals surface area (Å²) in [4.78, 5) is 20.2. The average Bonchev–Trinajstić information content (AvgIpc) is 3.53. The summed E-state index contributed by atoms with van der Waals surface area (Å²) in [5.74, 6) is 1.79. The van der Waals surface area contributed by atoms with E-state index in [1.807, 2.05) is 24.3 Å². The number of benzene rings is 7. The van der Waals surface area contributed by atoms with Crippen LogP contribution in [0.2, 0.25) is 0 Å². The predicted molar refractivity (Wildman–Crippen MR) is 191 cm³/mol. The number of rotatable bonds is 3. The first kappa shape index (κ1) is 25.8. The standard InChI is InChI=1S/C42H24N4O/c1-2-11-27-23-29(18-17-25(27)9-1)39-44-40(34-21-22-43-42-38(34)33-15-7-8-16-36(33)47-42)46-41(45-39)35-24-28-12-4-6-14-31(28)37-30-13-5-3-10-26(30)19-20-32(35)37/h1-24H. The lowest BCUT2D eigenvalue weighted by Gasteiger charge is -2.14. The molecule has 0 radical (unpaired) electrons. The first-order valence-electron chi connectivity index (χ1n) is 15.6. The minimum Gasteiger partial charge on any atom is -0.438 e. The summed E-state index contributed by atoms with van der Waals surface area (Å²) in [7, 11) is 0. The molecule has 0 bridgehead atoms.